The topological polar surface area (TPSA) is 81.1 Å². The van der Waals surface area contributed by atoms with Gasteiger partial charge in [0, 0.05) is 4.47 Å². The van der Waals surface area contributed by atoms with E-state index in [0.717, 1.165) is 4.47 Å². The molecule has 9 heteroatoms. The number of rotatable bonds is 5. The largest absolute Gasteiger partial charge is 0.495 e. The summed E-state index contributed by atoms with van der Waals surface area (Å²) in [5.41, 5.74) is 0.659. The molecule has 0 aliphatic rings. The van der Waals surface area contributed by atoms with Crippen molar-refractivity contribution in [2.24, 2.45) is 10.2 Å². The normalized spacial score (nSPS) is 11.1. The molecule has 0 unspecified atom stereocenters. The summed E-state index contributed by atoms with van der Waals surface area (Å²) in [7, 11) is 1.51. The van der Waals surface area contributed by atoms with Gasteiger partial charge in [-0.05, 0) is 60.7 Å². The quantitative estimate of drug-likeness (QED) is 0.255. The molecule has 0 aliphatic heterocycles. The van der Waals surface area contributed by atoms with Crippen molar-refractivity contribution >= 4 is 39.5 Å². The molecule has 160 valence electrons. The van der Waals surface area contributed by atoms with Crippen molar-refractivity contribution in [3.63, 3.8) is 0 Å². The molecule has 0 amide bonds. The Kier molecular flexibility index (Phi) is 6.29. The number of aromatic nitrogens is 2. The van der Waals surface area contributed by atoms with Gasteiger partial charge >= 0.3 is 0 Å². The molecule has 0 fully saturated rings. The second kappa shape index (κ2) is 9.29. The molecule has 0 aliphatic carbocycles. The fraction of sp³-hybridized carbons (Fsp3) is 0.0435. The zero-order valence-electron chi connectivity index (χ0n) is 16.8. The first kappa shape index (κ1) is 21.7. The van der Waals surface area contributed by atoms with Crippen LogP contribution in [0.3, 0.4) is 0 Å². The number of nitrogens with zero attached hydrogens (tertiary/aromatic N) is 4. The summed E-state index contributed by atoms with van der Waals surface area (Å²) in [6.07, 6.45) is 0. The molecule has 7 nitrogen and oxygen atoms in total. The fourth-order valence-corrected chi connectivity index (χ4v) is 3.76. The van der Waals surface area contributed by atoms with Crippen LogP contribution in [0.25, 0.3) is 11.4 Å². The van der Waals surface area contributed by atoms with Crippen LogP contribution in [0.1, 0.15) is 0 Å². The number of azo groups is 1. The maximum absolute atomic E-state index is 13.4. The monoisotopic (exact) mass is 508 g/mol. The zero-order valence-corrected chi connectivity index (χ0v) is 19.2. The van der Waals surface area contributed by atoms with E-state index in [-0.39, 0.29) is 10.5 Å². The maximum Gasteiger partial charge on any atom is 0.290 e. The molecule has 32 heavy (non-hydrogen) atoms. The van der Waals surface area contributed by atoms with Crippen LogP contribution in [-0.2, 0) is 0 Å². The van der Waals surface area contributed by atoms with Gasteiger partial charge in [0.15, 0.2) is 4.77 Å². The number of aromatic hydroxyl groups is 1. The number of hydrogen-bond acceptors (Lipinski definition) is 6. The standard InChI is InChI=1S/C23H17BrN4O3S/c1-31-19-10-6-5-9-18(19)28-22(30)20(26-25-16-7-3-2-4-8-16)21(29)27(23(28)32)17-13-11-15(24)12-14-17/h2-14,30H,1H3. The molecule has 0 saturated carbocycles. The van der Waals surface area contributed by atoms with Crippen LogP contribution in [0, 0.1) is 4.77 Å². The van der Waals surface area contributed by atoms with Gasteiger partial charge in [0.05, 0.1) is 24.2 Å². The van der Waals surface area contributed by atoms with Gasteiger partial charge in [-0.2, -0.15) is 5.11 Å². The van der Waals surface area contributed by atoms with E-state index in [2.05, 4.69) is 26.2 Å². The van der Waals surface area contributed by atoms with Crippen LogP contribution in [0.2, 0.25) is 0 Å². The lowest BCUT2D eigenvalue weighted by Crippen LogP contribution is -2.23. The molecular formula is C23H17BrN4O3S. The van der Waals surface area contributed by atoms with Gasteiger partial charge in [-0.1, -0.05) is 46.3 Å². The Balaban J connectivity index is 2.05. The van der Waals surface area contributed by atoms with E-state index in [4.69, 9.17) is 17.0 Å². The predicted molar refractivity (Wildman–Crippen MR) is 129 cm³/mol. The van der Waals surface area contributed by atoms with E-state index in [1.807, 2.05) is 6.07 Å². The molecule has 4 aromatic rings. The first-order valence-corrected chi connectivity index (χ1v) is 10.7. The van der Waals surface area contributed by atoms with Crippen LogP contribution in [0.15, 0.2) is 98.4 Å². The van der Waals surface area contributed by atoms with Crippen LogP contribution in [0.4, 0.5) is 11.4 Å². The second-order valence-electron chi connectivity index (χ2n) is 6.61. The summed E-state index contributed by atoms with van der Waals surface area (Å²) >= 11 is 9.03. The smallest absolute Gasteiger partial charge is 0.290 e. The molecule has 1 N–H and O–H groups in total. The third kappa shape index (κ3) is 4.12. The Morgan fingerprint density at radius 1 is 0.906 bits per heavy atom. The van der Waals surface area contributed by atoms with E-state index in [1.54, 1.807) is 72.8 Å². The van der Waals surface area contributed by atoms with Gasteiger partial charge in [-0.25, -0.2) is 0 Å². The molecule has 0 atom stereocenters. The van der Waals surface area contributed by atoms with Gasteiger partial charge < -0.3 is 9.84 Å². The first-order chi connectivity index (χ1) is 15.5. The van der Waals surface area contributed by atoms with E-state index in [0.29, 0.717) is 22.8 Å². The van der Waals surface area contributed by atoms with Crippen molar-refractivity contribution in [3.8, 4) is 23.0 Å². The molecule has 0 bridgehead atoms. The Hall–Kier alpha value is -3.56. The number of halogens is 1. The maximum atomic E-state index is 13.4. The third-order valence-electron chi connectivity index (χ3n) is 4.64. The second-order valence-corrected chi connectivity index (χ2v) is 7.90. The summed E-state index contributed by atoms with van der Waals surface area (Å²) in [5, 5.41) is 19.3. The number of para-hydroxylation sites is 2. The molecule has 1 aromatic heterocycles. The molecule has 1 heterocycles. The van der Waals surface area contributed by atoms with Crippen LogP contribution in [0.5, 0.6) is 11.6 Å². The minimum Gasteiger partial charge on any atom is -0.495 e. The highest BCUT2D eigenvalue weighted by molar-refractivity contribution is 9.10. The predicted octanol–water partition coefficient (Wildman–Crippen LogP) is 6.25. The molecular weight excluding hydrogens is 492 g/mol. The Morgan fingerprint density at radius 3 is 2.25 bits per heavy atom. The summed E-state index contributed by atoms with van der Waals surface area (Å²) < 4.78 is 8.99. The van der Waals surface area contributed by atoms with Crippen LogP contribution in [-0.4, -0.2) is 21.4 Å². The van der Waals surface area contributed by atoms with Crippen molar-refractivity contribution < 1.29 is 9.84 Å². The summed E-state index contributed by atoms with van der Waals surface area (Å²) in [5.74, 6) is 0.0309. The molecule has 3 aromatic carbocycles. The number of benzene rings is 3. The lowest BCUT2D eigenvalue weighted by atomic mass is 10.2. The number of methoxy groups -OCH3 is 1. The number of ether oxygens (including phenoxy) is 1. The Bertz CT molecular complexity index is 1410. The van der Waals surface area contributed by atoms with Crippen LogP contribution < -0.4 is 10.3 Å². The molecule has 4 rings (SSSR count). The summed E-state index contributed by atoms with van der Waals surface area (Å²) in [6.45, 7) is 0. The van der Waals surface area contributed by atoms with Crippen molar-refractivity contribution in [2.75, 3.05) is 7.11 Å². The van der Waals surface area contributed by atoms with Crippen molar-refractivity contribution in [1.29, 1.82) is 0 Å². The van der Waals surface area contributed by atoms with Gasteiger partial charge in [-0.15, -0.1) is 5.11 Å². The highest BCUT2D eigenvalue weighted by Crippen LogP contribution is 2.32. The highest BCUT2D eigenvalue weighted by atomic mass is 79.9. The average Bonchev–Trinajstić information content (AvgIpc) is 2.81. The van der Waals surface area contributed by atoms with Gasteiger partial charge in [0.25, 0.3) is 5.56 Å². The van der Waals surface area contributed by atoms with Crippen molar-refractivity contribution in [2.45, 2.75) is 0 Å². The number of hydrogen-bond donors (Lipinski definition) is 1. The lowest BCUT2D eigenvalue weighted by molar-refractivity contribution is 0.402. The minimum atomic E-state index is -0.597. The zero-order chi connectivity index (χ0) is 22.7. The fourth-order valence-electron chi connectivity index (χ4n) is 3.12. The van der Waals surface area contributed by atoms with Gasteiger partial charge in [0.2, 0.25) is 11.6 Å². The van der Waals surface area contributed by atoms with E-state index < -0.39 is 11.4 Å². The summed E-state index contributed by atoms with van der Waals surface area (Å²) in [6, 6.07) is 23.0. The van der Waals surface area contributed by atoms with E-state index in [1.165, 1.54) is 16.2 Å². The molecule has 0 radical (unpaired) electrons. The van der Waals surface area contributed by atoms with Crippen molar-refractivity contribution in [1.82, 2.24) is 9.13 Å². The Labute approximate surface area is 197 Å². The first-order valence-electron chi connectivity index (χ1n) is 9.48. The van der Waals surface area contributed by atoms with Crippen LogP contribution >= 0.6 is 28.1 Å². The lowest BCUT2D eigenvalue weighted by Gasteiger charge is -2.17. The SMILES string of the molecule is COc1ccccc1-n1c(O)c(N=Nc2ccccc2)c(=O)n(-c2ccc(Br)cc2)c1=S. The highest BCUT2D eigenvalue weighted by Gasteiger charge is 2.21. The van der Waals surface area contributed by atoms with E-state index in [9.17, 15) is 9.90 Å². The van der Waals surface area contributed by atoms with E-state index >= 15 is 0 Å². The summed E-state index contributed by atoms with van der Waals surface area (Å²) in [4.78, 5) is 13.4. The minimum absolute atomic E-state index is 0.0537. The van der Waals surface area contributed by atoms with Crippen molar-refractivity contribution in [3.05, 3.63) is 98.5 Å². The van der Waals surface area contributed by atoms with Gasteiger partial charge in [0.1, 0.15) is 5.75 Å². The molecule has 0 saturated heterocycles. The van der Waals surface area contributed by atoms with Gasteiger partial charge in [-0.3, -0.25) is 13.9 Å². The average molecular weight is 509 g/mol. The molecule has 0 spiro atoms. The Morgan fingerprint density at radius 2 is 1.56 bits per heavy atom. The third-order valence-corrected chi connectivity index (χ3v) is 5.54.